The van der Waals surface area contributed by atoms with Crippen LogP contribution in [0.4, 0.5) is 4.79 Å². The smallest absolute Gasteiger partial charge is 0.407 e. The van der Waals surface area contributed by atoms with Crippen molar-refractivity contribution in [2.75, 3.05) is 6.54 Å². The fourth-order valence-electron chi connectivity index (χ4n) is 1.32. The minimum absolute atomic E-state index is 0.144. The first-order chi connectivity index (χ1) is 8.69. The van der Waals surface area contributed by atoms with Crippen molar-refractivity contribution in [2.45, 2.75) is 32.9 Å². The van der Waals surface area contributed by atoms with Crippen LogP contribution in [-0.4, -0.2) is 22.8 Å². The summed E-state index contributed by atoms with van der Waals surface area (Å²) in [6, 6.07) is 1.68. The number of halogens is 2. The van der Waals surface area contributed by atoms with E-state index in [2.05, 4.69) is 37.2 Å². The van der Waals surface area contributed by atoms with Crippen LogP contribution in [0.5, 0.6) is 0 Å². The number of ether oxygens (including phenoxy) is 1. The van der Waals surface area contributed by atoms with Crippen LogP contribution < -0.4 is 10.9 Å². The van der Waals surface area contributed by atoms with Gasteiger partial charge in [-0.3, -0.25) is 4.79 Å². The summed E-state index contributed by atoms with van der Waals surface area (Å²) in [5.74, 6) is 0. The SMILES string of the molecule is CC(C)(C)OC(=O)NCCn1cc(Br)cc(Br)c1=O. The van der Waals surface area contributed by atoms with Crippen molar-refractivity contribution < 1.29 is 9.53 Å². The summed E-state index contributed by atoms with van der Waals surface area (Å²) in [6.07, 6.45) is 1.18. The average Bonchev–Trinajstić information content (AvgIpc) is 2.22. The van der Waals surface area contributed by atoms with Crippen molar-refractivity contribution in [1.29, 1.82) is 0 Å². The fraction of sp³-hybridized carbons (Fsp3) is 0.500. The molecule has 7 heteroatoms. The molecule has 0 unspecified atom stereocenters. The number of rotatable bonds is 3. The van der Waals surface area contributed by atoms with Gasteiger partial charge in [-0.15, -0.1) is 0 Å². The van der Waals surface area contributed by atoms with Crippen molar-refractivity contribution in [3.8, 4) is 0 Å². The lowest BCUT2D eigenvalue weighted by Gasteiger charge is -2.19. The van der Waals surface area contributed by atoms with Gasteiger partial charge in [0.1, 0.15) is 5.60 Å². The van der Waals surface area contributed by atoms with Crippen LogP contribution in [0.1, 0.15) is 20.8 Å². The molecule has 1 amide bonds. The van der Waals surface area contributed by atoms with E-state index in [-0.39, 0.29) is 5.56 Å². The van der Waals surface area contributed by atoms with E-state index in [1.165, 1.54) is 4.57 Å². The van der Waals surface area contributed by atoms with Gasteiger partial charge in [-0.05, 0) is 58.7 Å². The zero-order chi connectivity index (χ0) is 14.6. The molecule has 106 valence electrons. The van der Waals surface area contributed by atoms with Crippen molar-refractivity contribution in [3.63, 3.8) is 0 Å². The molecule has 0 aliphatic heterocycles. The first-order valence-electron chi connectivity index (χ1n) is 5.71. The molecule has 0 bridgehead atoms. The van der Waals surface area contributed by atoms with Gasteiger partial charge in [-0.2, -0.15) is 0 Å². The third-order valence-electron chi connectivity index (χ3n) is 2.03. The maximum Gasteiger partial charge on any atom is 0.407 e. The molecule has 1 rings (SSSR count). The Balaban J connectivity index is 2.55. The fourth-order valence-corrected chi connectivity index (χ4v) is 2.58. The molecule has 0 fully saturated rings. The van der Waals surface area contributed by atoms with Gasteiger partial charge in [0.2, 0.25) is 0 Å². The zero-order valence-corrected chi connectivity index (χ0v) is 14.2. The van der Waals surface area contributed by atoms with Gasteiger partial charge in [0.25, 0.3) is 5.56 Å². The number of carbonyl (C=O) groups is 1. The number of nitrogens with one attached hydrogen (secondary N) is 1. The van der Waals surface area contributed by atoms with Crippen molar-refractivity contribution in [1.82, 2.24) is 9.88 Å². The highest BCUT2D eigenvalue weighted by atomic mass is 79.9. The molecule has 1 aromatic heterocycles. The first-order valence-corrected chi connectivity index (χ1v) is 7.30. The second kappa shape index (κ2) is 6.56. The molecule has 0 aliphatic carbocycles. The van der Waals surface area contributed by atoms with E-state index in [1.807, 2.05) is 0 Å². The maximum absolute atomic E-state index is 11.8. The molecule has 0 spiro atoms. The highest BCUT2D eigenvalue weighted by Crippen LogP contribution is 2.12. The van der Waals surface area contributed by atoms with Crippen LogP contribution >= 0.6 is 31.9 Å². The number of pyridine rings is 1. The zero-order valence-electron chi connectivity index (χ0n) is 11.0. The molecule has 1 aromatic rings. The lowest BCUT2D eigenvalue weighted by atomic mass is 10.2. The van der Waals surface area contributed by atoms with Crippen molar-refractivity contribution in [2.24, 2.45) is 0 Å². The van der Waals surface area contributed by atoms with Gasteiger partial charge in [-0.1, -0.05) is 0 Å². The summed E-state index contributed by atoms with van der Waals surface area (Å²) < 4.78 is 7.86. The standard InChI is InChI=1S/C12H16Br2N2O3/c1-12(2,3)19-11(18)15-4-5-16-7-8(13)6-9(14)10(16)17/h6-7H,4-5H2,1-3H3,(H,15,18). The molecule has 0 radical (unpaired) electrons. The summed E-state index contributed by atoms with van der Waals surface area (Å²) >= 11 is 6.49. The molecular formula is C12H16Br2N2O3. The third-order valence-corrected chi connectivity index (χ3v) is 3.03. The molecule has 0 atom stereocenters. The van der Waals surface area contributed by atoms with E-state index < -0.39 is 11.7 Å². The van der Waals surface area contributed by atoms with E-state index in [9.17, 15) is 9.59 Å². The molecule has 0 saturated heterocycles. The van der Waals surface area contributed by atoms with Crippen LogP contribution in [-0.2, 0) is 11.3 Å². The van der Waals surface area contributed by atoms with Gasteiger partial charge >= 0.3 is 6.09 Å². The Labute approximate surface area is 128 Å². The Hall–Kier alpha value is -0.820. The third kappa shape index (κ3) is 5.78. The maximum atomic E-state index is 11.8. The Kier molecular flexibility index (Phi) is 5.61. The second-order valence-electron chi connectivity index (χ2n) is 4.93. The Morgan fingerprint density at radius 2 is 2.05 bits per heavy atom. The van der Waals surface area contributed by atoms with E-state index in [1.54, 1.807) is 33.0 Å². The van der Waals surface area contributed by atoms with E-state index >= 15 is 0 Å². The number of nitrogens with zero attached hydrogens (tertiary/aromatic N) is 1. The number of aromatic nitrogens is 1. The number of hydrogen-bond donors (Lipinski definition) is 1. The normalized spacial score (nSPS) is 11.2. The minimum atomic E-state index is -0.528. The number of hydrogen-bond acceptors (Lipinski definition) is 3. The predicted molar refractivity (Wildman–Crippen MR) is 80.3 cm³/mol. The lowest BCUT2D eigenvalue weighted by Crippen LogP contribution is -2.35. The first kappa shape index (κ1) is 16.2. The van der Waals surface area contributed by atoms with Gasteiger partial charge in [0, 0.05) is 23.8 Å². The average molecular weight is 396 g/mol. The number of alkyl carbamates (subject to hydrolysis) is 1. The van der Waals surface area contributed by atoms with Crippen LogP contribution in [0.2, 0.25) is 0 Å². The van der Waals surface area contributed by atoms with E-state index in [0.717, 1.165) is 4.47 Å². The Bertz CT molecular complexity index is 521. The summed E-state index contributed by atoms with van der Waals surface area (Å²) in [5, 5.41) is 2.60. The largest absolute Gasteiger partial charge is 0.444 e. The quantitative estimate of drug-likeness (QED) is 0.855. The van der Waals surface area contributed by atoms with Gasteiger partial charge in [0.15, 0.2) is 0 Å². The Morgan fingerprint density at radius 3 is 2.63 bits per heavy atom. The van der Waals surface area contributed by atoms with Crippen LogP contribution in [0, 0.1) is 0 Å². The van der Waals surface area contributed by atoms with Crippen LogP contribution in [0.3, 0.4) is 0 Å². The summed E-state index contributed by atoms with van der Waals surface area (Å²) in [4.78, 5) is 23.2. The summed E-state index contributed by atoms with van der Waals surface area (Å²) in [5.41, 5.74) is -0.672. The van der Waals surface area contributed by atoms with Crippen molar-refractivity contribution in [3.05, 3.63) is 31.6 Å². The lowest BCUT2D eigenvalue weighted by molar-refractivity contribution is 0.0526. The van der Waals surface area contributed by atoms with E-state index in [4.69, 9.17) is 4.74 Å². The van der Waals surface area contributed by atoms with Gasteiger partial charge in [0.05, 0.1) is 4.47 Å². The highest BCUT2D eigenvalue weighted by molar-refractivity contribution is 9.11. The monoisotopic (exact) mass is 394 g/mol. The second-order valence-corrected chi connectivity index (χ2v) is 6.70. The topological polar surface area (TPSA) is 60.3 Å². The molecule has 1 N–H and O–H groups in total. The number of carbonyl (C=O) groups excluding carboxylic acids is 1. The molecule has 0 aliphatic rings. The molecule has 0 saturated carbocycles. The van der Waals surface area contributed by atoms with E-state index in [0.29, 0.717) is 17.6 Å². The van der Waals surface area contributed by atoms with Gasteiger partial charge < -0.3 is 14.6 Å². The van der Waals surface area contributed by atoms with Crippen molar-refractivity contribution >= 4 is 38.0 Å². The molecule has 1 heterocycles. The predicted octanol–water partition coefficient (Wildman–Crippen LogP) is 2.90. The Morgan fingerprint density at radius 1 is 1.42 bits per heavy atom. The van der Waals surface area contributed by atoms with Crippen LogP contribution in [0.25, 0.3) is 0 Å². The molecule has 0 aromatic carbocycles. The highest BCUT2D eigenvalue weighted by Gasteiger charge is 2.15. The van der Waals surface area contributed by atoms with Gasteiger partial charge in [-0.25, -0.2) is 4.79 Å². The summed E-state index contributed by atoms with van der Waals surface area (Å²) in [7, 11) is 0. The van der Waals surface area contributed by atoms with Crippen LogP contribution in [0.15, 0.2) is 26.0 Å². The number of amides is 1. The minimum Gasteiger partial charge on any atom is -0.444 e. The molecular weight excluding hydrogens is 380 g/mol. The molecule has 19 heavy (non-hydrogen) atoms. The molecule has 5 nitrogen and oxygen atoms in total. The summed E-state index contributed by atoms with van der Waals surface area (Å²) in [6.45, 7) is 6.07.